The third kappa shape index (κ3) is 2.82. The second-order valence-electron chi connectivity index (χ2n) is 4.76. The molecule has 0 saturated heterocycles. The number of rotatable bonds is 3. The monoisotopic (exact) mass is 212 g/mol. The maximum atomic E-state index is 9.81. The molecular weight excluding hydrogens is 192 g/mol. The van der Waals surface area contributed by atoms with Crippen LogP contribution < -0.4 is 0 Å². The summed E-state index contributed by atoms with van der Waals surface area (Å²) in [6.07, 6.45) is 1.63. The molecule has 1 nitrogen and oxygen atoms in total. The van der Waals surface area contributed by atoms with Crippen molar-refractivity contribution in [2.24, 2.45) is 0 Å². The van der Waals surface area contributed by atoms with Gasteiger partial charge in [-0.2, -0.15) is 0 Å². The van der Waals surface area contributed by atoms with Crippen LogP contribution in [0.2, 0.25) is 0 Å². The van der Waals surface area contributed by atoms with Gasteiger partial charge in [-0.1, -0.05) is 34.1 Å². The molecule has 0 aliphatic rings. The predicted octanol–water partition coefficient (Wildman–Crippen LogP) is 3.88. The van der Waals surface area contributed by atoms with Gasteiger partial charge in [-0.25, -0.2) is 0 Å². The van der Waals surface area contributed by atoms with Crippen LogP contribution in [0.3, 0.4) is 0 Å². The molecule has 1 heterocycles. The fourth-order valence-electron chi connectivity index (χ4n) is 1.35. The molecule has 14 heavy (non-hydrogen) atoms. The van der Waals surface area contributed by atoms with Gasteiger partial charge in [-0.05, 0) is 24.0 Å². The Bertz CT molecular complexity index is 283. The molecule has 0 aliphatic carbocycles. The summed E-state index contributed by atoms with van der Waals surface area (Å²) in [5.41, 5.74) is 0.203. The standard InChI is InChI=1S/C12H20OS/c1-5-6-9(13)10-7-8-11(14-10)12(2,3)4/h7-9,13H,5-6H2,1-4H3. The van der Waals surface area contributed by atoms with E-state index in [4.69, 9.17) is 0 Å². The number of aliphatic hydroxyl groups excluding tert-OH is 1. The molecule has 0 fully saturated rings. The molecule has 0 aliphatic heterocycles. The van der Waals surface area contributed by atoms with Gasteiger partial charge in [0, 0.05) is 9.75 Å². The maximum absolute atomic E-state index is 9.81. The second kappa shape index (κ2) is 4.45. The van der Waals surface area contributed by atoms with Gasteiger partial charge in [-0.3, -0.25) is 0 Å². The Kier molecular flexibility index (Phi) is 3.73. The summed E-state index contributed by atoms with van der Waals surface area (Å²) in [7, 11) is 0. The van der Waals surface area contributed by atoms with Crippen LogP contribution in [-0.2, 0) is 5.41 Å². The molecule has 0 saturated carbocycles. The van der Waals surface area contributed by atoms with Gasteiger partial charge < -0.3 is 5.11 Å². The third-order valence-corrected chi connectivity index (χ3v) is 3.87. The fraction of sp³-hybridized carbons (Fsp3) is 0.667. The molecule has 1 aromatic heterocycles. The van der Waals surface area contributed by atoms with E-state index in [9.17, 15) is 5.11 Å². The molecular formula is C12H20OS. The van der Waals surface area contributed by atoms with Gasteiger partial charge in [0.25, 0.3) is 0 Å². The smallest absolute Gasteiger partial charge is 0.0882 e. The zero-order valence-corrected chi connectivity index (χ0v) is 10.3. The van der Waals surface area contributed by atoms with Crippen molar-refractivity contribution in [2.45, 2.75) is 52.1 Å². The summed E-state index contributed by atoms with van der Waals surface area (Å²) in [6, 6.07) is 4.20. The lowest BCUT2D eigenvalue weighted by Gasteiger charge is -2.15. The molecule has 1 unspecified atom stereocenters. The largest absolute Gasteiger partial charge is 0.388 e. The Balaban J connectivity index is 2.78. The number of aliphatic hydroxyl groups is 1. The van der Waals surface area contributed by atoms with Crippen LogP contribution in [0.25, 0.3) is 0 Å². The summed E-state index contributed by atoms with van der Waals surface area (Å²) in [6.45, 7) is 8.71. The van der Waals surface area contributed by atoms with Crippen LogP contribution in [-0.4, -0.2) is 5.11 Å². The highest BCUT2D eigenvalue weighted by molar-refractivity contribution is 7.12. The lowest BCUT2D eigenvalue weighted by molar-refractivity contribution is 0.170. The van der Waals surface area contributed by atoms with Gasteiger partial charge in [0.2, 0.25) is 0 Å². The summed E-state index contributed by atoms with van der Waals surface area (Å²) in [5, 5.41) is 9.81. The first kappa shape index (κ1) is 11.7. The summed E-state index contributed by atoms with van der Waals surface area (Å²) in [5.74, 6) is 0. The Morgan fingerprint density at radius 1 is 1.36 bits per heavy atom. The van der Waals surface area contributed by atoms with Crippen LogP contribution in [0.5, 0.6) is 0 Å². The molecule has 0 aromatic carbocycles. The van der Waals surface area contributed by atoms with Crippen molar-refractivity contribution in [3.05, 3.63) is 21.9 Å². The van der Waals surface area contributed by atoms with Crippen molar-refractivity contribution in [1.29, 1.82) is 0 Å². The van der Waals surface area contributed by atoms with Crippen molar-refractivity contribution in [3.8, 4) is 0 Å². The Labute approximate surface area is 90.8 Å². The Morgan fingerprint density at radius 2 is 2.00 bits per heavy atom. The van der Waals surface area contributed by atoms with E-state index in [0.717, 1.165) is 17.7 Å². The Hall–Kier alpha value is -0.340. The Morgan fingerprint density at radius 3 is 2.43 bits per heavy atom. The maximum Gasteiger partial charge on any atom is 0.0882 e. The van der Waals surface area contributed by atoms with Gasteiger partial charge in [0.1, 0.15) is 0 Å². The van der Waals surface area contributed by atoms with E-state index in [2.05, 4.69) is 39.8 Å². The van der Waals surface area contributed by atoms with Crippen LogP contribution >= 0.6 is 11.3 Å². The minimum atomic E-state index is -0.263. The minimum Gasteiger partial charge on any atom is -0.388 e. The van der Waals surface area contributed by atoms with Gasteiger partial charge >= 0.3 is 0 Å². The molecule has 0 radical (unpaired) electrons. The highest BCUT2D eigenvalue weighted by Crippen LogP contribution is 2.33. The van der Waals surface area contributed by atoms with E-state index < -0.39 is 0 Å². The first-order valence-corrected chi connectivity index (χ1v) is 6.05. The lowest BCUT2D eigenvalue weighted by atomic mass is 9.95. The number of thiophene rings is 1. The third-order valence-electron chi connectivity index (χ3n) is 2.26. The quantitative estimate of drug-likeness (QED) is 0.806. The van der Waals surface area contributed by atoms with Crippen LogP contribution in [0.15, 0.2) is 12.1 Å². The molecule has 2 heteroatoms. The highest BCUT2D eigenvalue weighted by Gasteiger charge is 2.18. The average molecular weight is 212 g/mol. The molecule has 1 N–H and O–H groups in total. The van der Waals surface area contributed by atoms with Crippen molar-refractivity contribution in [2.75, 3.05) is 0 Å². The van der Waals surface area contributed by atoms with Gasteiger partial charge in [0.05, 0.1) is 6.10 Å². The van der Waals surface area contributed by atoms with E-state index >= 15 is 0 Å². The normalized spacial score (nSPS) is 14.4. The first-order valence-electron chi connectivity index (χ1n) is 5.23. The topological polar surface area (TPSA) is 20.2 Å². The van der Waals surface area contributed by atoms with E-state index in [1.54, 1.807) is 11.3 Å². The van der Waals surface area contributed by atoms with E-state index in [1.165, 1.54) is 4.88 Å². The SMILES string of the molecule is CCCC(O)c1ccc(C(C)(C)C)s1. The molecule has 0 bridgehead atoms. The number of hydrogen-bond donors (Lipinski definition) is 1. The molecule has 1 rings (SSSR count). The zero-order chi connectivity index (χ0) is 10.8. The van der Waals surface area contributed by atoms with Crippen LogP contribution in [0, 0.1) is 0 Å². The van der Waals surface area contributed by atoms with Crippen LogP contribution in [0.4, 0.5) is 0 Å². The predicted molar refractivity (Wildman–Crippen MR) is 62.9 cm³/mol. The summed E-state index contributed by atoms with van der Waals surface area (Å²) < 4.78 is 0. The minimum absolute atomic E-state index is 0.203. The summed E-state index contributed by atoms with van der Waals surface area (Å²) in [4.78, 5) is 2.46. The molecule has 1 aromatic rings. The molecule has 80 valence electrons. The molecule has 0 amide bonds. The molecule has 0 spiro atoms. The number of hydrogen-bond acceptors (Lipinski definition) is 2. The van der Waals surface area contributed by atoms with Crippen molar-refractivity contribution >= 4 is 11.3 Å². The van der Waals surface area contributed by atoms with Gasteiger partial charge in [0.15, 0.2) is 0 Å². The lowest BCUT2D eigenvalue weighted by Crippen LogP contribution is -2.07. The average Bonchev–Trinajstić information content (AvgIpc) is 2.51. The molecule has 1 atom stereocenters. The van der Waals surface area contributed by atoms with Crippen molar-refractivity contribution in [1.82, 2.24) is 0 Å². The van der Waals surface area contributed by atoms with E-state index in [1.807, 2.05) is 0 Å². The van der Waals surface area contributed by atoms with Crippen molar-refractivity contribution in [3.63, 3.8) is 0 Å². The second-order valence-corrected chi connectivity index (χ2v) is 5.87. The van der Waals surface area contributed by atoms with E-state index in [0.29, 0.717) is 0 Å². The first-order chi connectivity index (χ1) is 6.45. The van der Waals surface area contributed by atoms with Crippen LogP contribution in [0.1, 0.15) is 56.4 Å². The fourth-order valence-corrected chi connectivity index (χ4v) is 2.44. The highest BCUT2D eigenvalue weighted by atomic mass is 32.1. The van der Waals surface area contributed by atoms with E-state index in [-0.39, 0.29) is 11.5 Å². The van der Waals surface area contributed by atoms with Crippen molar-refractivity contribution < 1.29 is 5.11 Å². The zero-order valence-electron chi connectivity index (χ0n) is 9.50. The summed E-state index contributed by atoms with van der Waals surface area (Å²) >= 11 is 1.74. The van der Waals surface area contributed by atoms with Gasteiger partial charge in [-0.15, -0.1) is 11.3 Å².